The first-order valence-corrected chi connectivity index (χ1v) is 9.40. The fourth-order valence-corrected chi connectivity index (χ4v) is 4.61. The van der Waals surface area contributed by atoms with E-state index in [0.717, 1.165) is 59.3 Å². The van der Waals surface area contributed by atoms with Gasteiger partial charge in [-0.3, -0.25) is 4.79 Å². The zero-order valence-corrected chi connectivity index (χ0v) is 14.7. The first-order valence-electron chi connectivity index (χ1n) is 8.59. The molecule has 0 amide bonds. The molecule has 0 bridgehead atoms. The Hall–Kier alpha value is -1.91. The number of fused-ring (bicyclic) bond motifs is 2. The Morgan fingerprint density at radius 1 is 1.12 bits per heavy atom. The number of aryl methyl sites for hydroxylation is 1. The minimum Gasteiger partial charge on any atom is -0.378 e. The molecule has 0 aliphatic carbocycles. The molecule has 1 aromatic heterocycles. The second-order valence-corrected chi connectivity index (χ2v) is 7.34. The van der Waals surface area contributed by atoms with E-state index < -0.39 is 0 Å². The maximum Gasteiger partial charge on any atom is 0.196 e. The quantitative estimate of drug-likeness (QED) is 0.670. The van der Waals surface area contributed by atoms with Gasteiger partial charge in [-0.1, -0.05) is 25.5 Å². The van der Waals surface area contributed by atoms with Crippen molar-refractivity contribution < 1.29 is 4.74 Å². The third kappa shape index (κ3) is 2.70. The van der Waals surface area contributed by atoms with Gasteiger partial charge in [-0.2, -0.15) is 0 Å². The number of benzene rings is 2. The van der Waals surface area contributed by atoms with Gasteiger partial charge in [-0.05, 0) is 36.2 Å². The SMILES string of the molecule is CCCc1cccc2sc3cc(N4CCOCC4)ccc3c(=O)c12. The maximum absolute atomic E-state index is 13.0. The van der Waals surface area contributed by atoms with E-state index in [4.69, 9.17) is 4.74 Å². The van der Waals surface area contributed by atoms with Crippen LogP contribution in [0.15, 0.2) is 41.2 Å². The van der Waals surface area contributed by atoms with Crippen LogP contribution in [-0.4, -0.2) is 26.3 Å². The molecule has 2 heterocycles. The lowest BCUT2D eigenvalue weighted by molar-refractivity contribution is 0.122. The lowest BCUT2D eigenvalue weighted by Crippen LogP contribution is -2.36. The zero-order valence-electron chi connectivity index (χ0n) is 13.9. The van der Waals surface area contributed by atoms with Gasteiger partial charge in [0.1, 0.15) is 0 Å². The molecule has 1 fully saturated rings. The van der Waals surface area contributed by atoms with Crippen molar-refractivity contribution >= 4 is 37.2 Å². The first-order chi connectivity index (χ1) is 11.8. The van der Waals surface area contributed by atoms with Gasteiger partial charge >= 0.3 is 0 Å². The van der Waals surface area contributed by atoms with Crippen molar-refractivity contribution in [2.75, 3.05) is 31.2 Å². The first kappa shape index (κ1) is 15.6. The minimum absolute atomic E-state index is 0.177. The van der Waals surface area contributed by atoms with Crippen molar-refractivity contribution in [2.24, 2.45) is 0 Å². The number of hydrogen-bond acceptors (Lipinski definition) is 4. The highest BCUT2D eigenvalue weighted by molar-refractivity contribution is 7.24. The highest BCUT2D eigenvalue weighted by Gasteiger charge is 2.14. The lowest BCUT2D eigenvalue weighted by Gasteiger charge is -2.29. The smallest absolute Gasteiger partial charge is 0.196 e. The Balaban J connectivity index is 1.89. The average Bonchev–Trinajstić information content (AvgIpc) is 2.62. The summed E-state index contributed by atoms with van der Waals surface area (Å²) >= 11 is 1.73. The molecule has 24 heavy (non-hydrogen) atoms. The Kier molecular flexibility index (Phi) is 4.25. The molecule has 3 nitrogen and oxygen atoms in total. The van der Waals surface area contributed by atoms with E-state index in [1.165, 1.54) is 11.3 Å². The fraction of sp³-hybridized carbons (Fsp3) is 0.350. The molecule has 1 aliphatic rings. The van der Waals surface area contributed by atoms with Crippen molar-refractivity contribution in [2.45, 2.75) is 19.8 Å². The number of nitrogens with zero attached hydrogens (tertiary/aromatic N) is 1. The second-order valence-electron chi connectivity index (χ2n) is 6.25. The summed E-state index contributed by atoms with van der Waals surface area (Å²) in [5.74, 6) is 0. The molecule has 0 atom stereocenters. The highest BCUT2D eigenvalue weighted by atomic mass is 32.1. The highest BCUT2D eigenvalue weighted by Crippen LogP contribution is 2.30. The third-order valence-electron chi connectivity index (χ3n) is 4.66. The van der Waals surface area contributed by atoms with Crippen molar-refractivity contribution in [3.63, 3.8) is 0 Å². The van der Waals surface area contributed by atoms with Gasteiger partial charge < -0.3 is 9.64 Å². The van der Waals surface area contributed by atoms with E-state index in [-0.39, 0.29) is 5.43 Å². The van der Waals surface area contributed by atoms with E-state index in [9.17, 15) is 4.79 Å². The predicted molar refractivity (Wildman–Crippen MR) is 103 cm³/mol. The van der Waals surface area contributed by atoms with Crippen LogP contribution in [-0.2, 0) is 11.2 Å². The molecular formula is C20H21NO2S. The van der Waals surface area contributed by atoms with Gasteiger partial charge in [0.05, 0.1) is 13.2 Å². The Bertz CT molecular complexity index is 941. The van der Waals surface area contributed by atoms with Crippen LogP contribution in [0.5, 0.6) is 0 Å². The number of rotatable bonds is 3. The molecule has 0 N–H and O–H groups in total. The number of ether oxygens (including phenoxy) is 1. The van der Waals surface area contributed by atoms with Crippen molar-refractivity contribution in [3.8, 4) is 0 Å². The van der Waals surface area contributed by atoms with Crippen LogP contribution in [0.4, 0.5) is 5.69 Å². The normalized spacial score (nSPS) is 15.3. The molecule has 2 aromatic carbocycles. The Morgan fingerprint density at radius 3 is 2.75 bits per heavy atom. The number of hydrogen-bond donors (Lipinski definition) is 0. The molecular weight excluding hydrogens is 318 g/mol. The summed E-state index contributed by atoms with van der Waals surface area (Å²) in [5, 5.41) is 1.75. The van der Waals surface area contributed by atoms with Crippen LogP contribution in [0.3, 0.4) is 0 Å². The zero-order chi connectivity index (χ0) is 16.5. The molecule has 4 heteroatoms. The van der Waals surface area contributed by atoms with Crippen LogP contribution in [0.1, 0.15) is 18.9 Å². The van der Waals surface area contributed by atoms with Crippen molar-refractivity contribution in [3.05, 3.63) is 52.2 Å². The number of anilines is 1. The van der Waals surface area contributed by atoms with Crippen molar-refractivity contribution in [1.82, 2.24) is 0 Å². The molecule has 124 valence electrons. The van der Waals surface area contributed by atoms with Crippen LogP contribution in [0, 0.1) is 0 Å². The van der Waals surface area contributed by atoms with Gasteiger partial charge in [0.2, 0.25) is 0 Å². The van der Waals surface area contributed by atoms with E-state index >= 15 is 0 Å². The Morgan fingerprint density at radius 2 is 1.96 bits per heavy atom. The van der Waals surface area contributed by atoms with Crippen molar-refractivity contribution in [1.29, 1.82) is 0 Å². The van der Waals surface area contributed by atoms with Crippen LogP contribution >= 0.6 is 11.3 Å². The maximum atomic E-state index is 13.0. The van der Waals surface area contributed by atoms with Gasteiger partial charge in [0.15, 0.2) is 5.43 Å². The van der Waals surface area contributed by atoms with E-state index in [1.807, 2.05) is 6.07 Å². The largest absolute Gasteiger partial charge is 0.378 e. The standard InChI is InChI=1S/C20H21NO2S/c1-2-4-14-5-3-6-17-19(14)20(22)16-8-7-15(13-18(16)24-17)21-9-11-23-12-10-21/h3,5-8,13H,2,4,9-12H2,1H3. The molecule has 0 radical (unpaired) electrons. The summed E-state index contributed by atoms with van der Waals surface area (Å²) in [4.78, 5) is 15.4. The monoisotopic (exact) mass is 339 g/mol. The average molecular weight is 339 g/mol. The summed E-state index contributed by atoms with van der Waals surface area (Å²) in [5.41, 5.74) is 2.54. The summed E-state index contributed by atoms with van der Waals surface area (Å²) < 4.78 is 7.60. The summed E-state index contributed by atoms with van der Waals surface area (Å²) in [6.07, 6.45) is 2.01. The lowest BCUT2D eigenvalue weighted by atomic mass is 10.0. The third-order valence-corrected chi connectivity index (χ3v) is 5.78. The van der Waals surface area contributed by atoms with Gasteiger partial charge in [-0.25, -0.2) is 0 Å². The van der Waals surface area contributed by atoms with E-state index in [0.29, 0.717) is 0 Å². The van der Waals surface area contributed by atoms with Gasteiger partial charge in [0.25, 0.3) is 0 Å². The van der Waals surface area contributed by atoms with E-state index in [2.05, 4.69) is 42.2 Å². The van der Waals surface area contributed by atoms with Gasteiger partial charge in [-0.15, -0.1) is 11.3 Å². The van der Waals surface area contributed by atoms with Crippen LogP contribution in [0.25, 0.3) is 20.2 Å². The van der Waals surface area contributed by atoms with Gasteiger partial charge in [0, 0.05) is 38.9 Å². The fourth-order valence-electron chi connectivity index (χ4n) is 3.45. The summed E-state index contributed by atoms with van der Waals surface area (Å²) in [7, 11) is 0. The minimum atomic E-state index is 0.177. The predicted octanol–water partition coefficient (Wildman–Crippen LogP) is 4.20. The molecule has 0 spiro atoms. The number of morpholine rings is 1. The topological polar surface area (TPSA) is 29.5 Å². The van der Waals surface area contributed by atoms with E-state index in [1.54, 1.807) is 11.3 Å². The molecule has 1 saturated heterocycles. The summed E-state index contributed by atoms with van der Waals surface area (Å²) in [6.45, 7) is 5.52. The molecule has 4 rings (SSSR count). The van der Waals surface area contributed by atoms with Crippen LogP contribution in [0.2, 0.25) is 0 Å². The van der Waals surface area contributed by atoms with Crippen LogP contribution < -0.4 is 10.3 Å². The molecule has 3 aromatic rings. The summed E-state index contributed by atoms with van der Waals surface area (Å²) in [6, 6.07) is 12.5. The molecule has 0 unspecified atom stereocenters. The molecule has 0 saturated carbocycles. The molecule has 1 aliphatic heterocycles. The Labute approximate surface area is 145 Å². The second kappa shape index (κ2) is 6.54.